The van der Waals surface area contributed by atoms with Crippen molar-refractivity contribution in [2.75, 3.05) is 13.4 Å². The fourth-order valence-electron chi connectivity index (χ4n) is 3.20. The highest BCUT2D eigenvalue weighted by Crippen LogP contribution is 2.37. The van der Waals surface area contributed by atoms with E-state index in [4.69, 9.17) is 29.8 Å². The summed E-state index contributed by atoms with van der Waals surface area (Å²) in [5.41, 5.74) is 5.99. The Kier molecular flexibility index (Phi) is 5.85. The lowest BCUT2D eigenvalue weighted by atomic mass is 10.1. The molecular weight excluding hydrogens is 436 g/mol. The van der Waals surface area contributed by atoms with Gasteiger partial charge in [-0.25, -0.2) is 4.79 Å². The van der Waals surface area contributed by atoms with Crippen LogP contribution in [-0.2, 0) is 14.4 Å². The fourth-order valence-corrected chi connectivity index (χ4v) is 3.20. The van der Waals surface area contributed by atoms with E-state index in [0.29, 0.717) is 22.6 Å². The summed E-state index contributed by atoms with van der Waals surface area (Å²) in [6.45, 7) is -0.381. The van der Waals surface area contributed by atoms with Crippen molar-refractivity contribution < 1.29 is 43.2 Å². The number of Topliss-reactive ketones (excluding diaryl/α,β-unsaturated/α-hetero) is 1. The molecule has 0 unspecified atom stereocenters. The van der Waals surface area contributed by atoms with Crippen molar-refractivity contribution in [1.82, 2.24) is 5.32 Å². The molecule has 0 saturated heterocycles. The van der Waals surface area contributed by atoms with Crippen LogP contribution < -0.4 is 30.0 Å². The maximum absolute atomic E-state index is 12.6. The molecule has 11 nitrogen and oxygen atoms in total. The molecular formula is C22H18N2O9. The zero-order valence-electron chi connectivity index (χ0n) is 17.0. The SMILES string of the molecule is NC(=O)C[C@H](NC(=O)COc1ccc2c(c1)OC(=Cc1ccc3c(c1)OCO3)C2=O)C(=O)O. The van der Waals surface area contributed by atoms with Gasteiger partial charge in [0.25, 0.3) is 5.91 Å². The van der Waals surface area contributed by atoms with E-state index >= 15 is 0 Å². The first kappa shape index (κ1) is 21.7. The second-order valence-corrected chi connectivity index (χ2v) is 7.13. The zero-order valence-corrected chi connectivity index (χ0v) is 17.0. The fraction of sp³-hybridized carbons (Fsp3) is 0.182. The number of allylic oxidation sites excluding steroid dienone is 1. The van der Waals surface area contributed by atoms with Crippen molar-refractivity contribution in [1.29, 1.82) is 0 Å². The molecule has 2 heterocycles. The highest BCUT2D eigenvalue weighted by molar-refractivity contribution is 6.14. The van der Waals surface area contributed by atoms with Gasteiger partial charge in [-0.3, -0.25) is 14.4 Å². The summed E-state index contributed by atoms with van der Waals surface area (Å²) in [5, 5.41) is 11.2. The molecule has 4 N–H and O–H groups in total. The van der Waals surface area contributed by atoms with Gasteiger partial charge in [0.15, 0.2) is 23.9 Å². The van der Waals surface area contributed by atoms with Gasteiger partial charge in [-0.1, -0.05) is 6.07 Å². The van der Waals surface area contributed by atoms with Gasteiger partial charge in [-0.2, -0.15) is 0 Å². The van der Waals surface area contributed by atoms with E-state index in [1.54, 1.807) is 24.3 Å². The predicted molar refractivity (Wildman–Crippen MR) is 111 cm³/mol. The minimum absolute atomic E-state index is 0.106. The molecule has 1 atom stereocenters. The molecule has 170 valence electrons. The van der Waals surface area contributed by atoms with Gasteiger partial charge in [0, 0.05) is 6.07 Å². The second-order valence-electron chi connectivity index (χ2n) is 7.13. The lowest BCUT2D eigenvalue weighted by Gasteiger charge is -2.13. The number of ether oxygens (including phenoxy) is 4. The molecule has 0 fully saturated rings. The predicted octanol–water partition coefficient (Wildman–Crippen LogP) is 0.855. The summed E-state index contributed by atoms with van der Waals surface area (Å²) < 4.78 is 21.6. The molecule has 0 radical (unpaired) electrons. The minimum atomic E-state index is -1.46. The average Bonchev–Trinajstić information content (AvgIpc) is 3.35. The van der Waals surface area contributed by atoms with Crippen LogP contribution in [0.5, 0.6) is 23.0 Å². The number of primary amides is 1. The highest BCUT2D eigenvalue weighted by Gasteiger charge is 2.28. The number of nitrogens with two attached hydrogens (primary N) is 1. The van der Waals surface area contributed by atoms with Gasteiger partial charge in [-0.15, -0.1) is 0 Å². The quantitative estimate of drug-likeness (QED) is 0.491. The summed E-state index contributed by atoms with van der Waals surface area (Å²) in [6, 6.07) is 8.19. The molecule has 0 aromatic heterocycles. The van der Waals surface area contributed by atoms with Gasteiger partial charge >= 0.3 is 5.97 Å². The lowest BCUT2D eigenvalue weighted by Crippen LogP contribution is -2.45. The monoisotopic (exact) mass is 454 g/mol. The molecule has 4 rings (SSSR count). The van der Waals surface area contributed by atoms with Crippen LogP contribution in [0.15, 0.2) is 42.2 Å². The number of rotatable bonds is 8. The van der Waals surface area contributed by atoms with Crippen LogP contribution in [0.4, 0.5) is 0 Å². The normalized spacial score (nSPS) is 15.5. The lowest BCUT2D eigenvalue weighted by molar-refractivity contribution is -0.143. The summed E-state index contributed by atoms with van der Waals surface area (Å²) in [5.74, 6) is -1.56. The second kappa shape index (κ2) is 8.91. The molecule has 2 aliphatic heterocycles. The van der Waals surface area contributed by atoms with Crippen molar-refractivity contribution in [2.45, 2.75) is 12.5 Å². The van der Waals surface area contributed by atoms with E-state index in [2.05, 4.69) is 5.32 Å². The number of amides is 2. The van der Waals surface area contributed by atoms with E-state index in [0.717, 1.165) is 0 Å². The first-order chi connectivity index (χ1) is 15.8. The van der Waals surface area contributed by atoms with Crippen LogP contribution in [0.1, 0.15) is 22.3 Å². The summed E-state index contributed by atoms with van der Waals surface area (Å²) in [4.78, 5) is 46.6. The Morgan fingerprint density at radius 2 is 1.91 bits per heavy atom. The molecule has 2 aliphatic rings. The topological polar surface area (TPSA) is 163 Å². The van der Waals surface area contributed by atoms with Crippen molar-refractivity contribution >= 4 is 29.6 Å². The maximum Gasteiger partial charge on any atom is 0.326 e. The number of carbonyl (C=O) groups is 4. The zero-order chi connectivity index (χ0) is 23.5. The van der Waals surface area contributed by atoms with Gasteiger partial charge in [-0.05, 0) is 35.9 Å². The number of nitrogens with one attached hydrogen (secondary N) is 1. The Morgan fingerprint density at radius 1 is 1.12 bits per heavy atom. The number of ketones is 1. The van der Waals surface area contributed by atoms with Crippen LogP contribution in [0.2, 0.25) is 0 Å². The number of hydrogen-bond acceptors (Lipinski definition) is 8. The van der Waals surface area contributed by atoms with Crippen molar-refractivity contribution in [3.63, 3.8) is 0 Å². The smallest absolute Gasteiger partial charge is 0.326 e. The third-order valence-electron chi connectivity index (χ3n) is 4.74. The molecule has 0 saturated carbocycles. The minimum Gasteiger partial charge on any atom is -0.484 e. The largest absolute Gasteiger partial charge is 0.484 e. The van der Waals surface area contributed by atoms with Crippen LogP contribution in [0, 0.1) is 0 Å². The third-order valence-corrected chi connectivity index (χ3v) is 4.74. The van der Waals surface area contributed by atoms with E-state index in [-0.39, 0.29) is 29.8 Å². The third kappa shape index (κ3) is 4.87. The Labute approximate surface area is 186 Å². The van der Waals surface area contributed by atoms with Crippen LogP contribution in [0.25, 0.3) is 6.08 Å². The number of carbonyl (C=O) groups excluding carboxylic acids is 3. The summed E-state index contributed by atoms with van der Waals surface area (Å²) >= 11 is 0. The number of benzene rings is 2. The molecule has 0 bridgehead atoms. The molecule has 2 aromatic rings. The first-order valence-electron chi connectivity index (χ1n) is 9.71. The number of hydrogen-bond donors (Lipinski definition) is 3. The Morgan fingerprint density at radius 3 is 2.67 bits per heavy atom. The first-order valence-corrected chi connectivity index (χ1v) is 9.71. The highest BCUT2D eigenvalue weighted by atomic mass is 16.7. The van der Waals surface area contributed by atoms with Gasteiger partial charge < -0.3 is 35.1 Å². The number of carboxylic acids is 1. The Hall–Kier alpha value is -4.54. The van der Waals surface area contributed by atoms with E-state index in [9.17, 15) is 19.2 Å². The number of fused-ring (bicyclic) bond motifs is 2. The molecule has 2 aromatic carbocycles. The van der Waals surface area contributed by atoms with E-state index in [1.807, 2.05) is 0 Å². The Balaban J connectivity index is 1.40. The molecule has 0 spiro atoms. The molecule has 33 heavy (non-hydrogen) atoms. The maximum atomic E-state index is 12.6. The van der Waals surface area contributed by atoms with Crippen molar-refractivity contribution in [3.05, 3.63) is 53.3 Å². The van der Waals surface area contributed by atoms with Gasteiger partial charge in [0.05, 0.1) is 12.0 Å². The van der Waals surface area contributed by atoms with Gasteiger partial charge in [0.2, 0.25) is 18.5 Å². The summed E-state index contributed by atoms with van der Waals surface area (Å²) in [6.07, 6.45) is 1.03. The number of aliphatic carboxylic acids is 1. The van der Waals surface area contributed by atoms with Crippen LogP contribution >= 0.6 is 0 Å². The van der Waals surface area contributed by atoms with Crippen LogP contribution in [0.3, 0.4) is 0 Å². The Bertz CT molecular complexity index is 1190. The van der Waals surface area contributed by atoms with Crippen molar-refractivity contribution in [2.24, 2.45) is 5.73 Å². The molecule has 2 amide bonds. The molecule has 11 heteroatoms. The van der Waals surface area contributed by atoms with Gasteiger partial charge in [0.1, 0.15) is 17.5 Å². The summed E-state index contributed by atoms with van der Waals surface area (Å²) in [7, 11) is 0. The number of carboxylic acid groups (broad SMARTS) is 1. The standard InChI is InChI=1S/C22H18N2O9/c23-19(25)8-14(22(28)29)24-20(26)9-30-12-2-3-13-16(7-12)33-18(21(13)27)6-11-1-4-15-17(5-11)32-10-31-15/h1-7,14H,8-10H2,(H2,23,25)(H,24,26)(H,28,29)/t14-/m0/s1. The van der Waals surface area contributed by atoms with Crippen molar-refractivity contribution in [3.8, 4) is 23.0 Å². The van der Waals surface area contributed by atoms with E-state index in [1.165, 1.54) is 18.2 Å². The molecule has 0 aliphatic carbocycles. The average molecular weight is 454 g/mol. The van der Waals surface area contributed by atoms with E-state index < -0.39 is 36.9 Å². The van der Waals surface area contributed by atoms with Crippen LogP contribution in [-0.4, -0.2) is 48.1 Å².